The number of carbonyl (C=O) groups excluding carboxylic acids is 3. The van der Waals surface area contributed by atoms with Crippen molar-refractivity contribution in [3.05, 3.63) is 63.6 Å². The molecule has 0 saturated carbocycles. The van der Waals surface area contributed by atoms with Crippen LogP contribution in [0.25, 0.3) is 0 Å². The fraction of sp³-hybridized carbons (Fsp3) is 0.200. The summed E-state index contributed by atoms with van der Waals surface area (Å²) in [5.41, 5.74) is 2.69. The van der Waals surface area contributed by atoms with Crippen LogP contribution in [-0.4, -0.2) is 23.8 Å². The van der Waals surface area contributed by atoms with E-state index in [2.05, 4.69) is 26.6 Å². The molecule has 0 saturated heterocycles. The molecule has 0 aromatic heterocycles. The van der Waals surface area contributed by atoms with Gasteiger partial charge in [0, 0.05) is 21.9 Å². The van der Waals surface area contributed by atoms with Gasteiger partial charge in [-0.2, -0.15) is 0 Å². The van der Waals surface area contributed by atoms with Crippen LogP contribution in [0.2, 0.25) is 0 Å². The van der Waals surface area contributed by atoms with Gasteiger partial charge in [0.2, 0.25) is 11.8 Å². The lowest BCUT2D eigenvalue weighted by molar-refractivity contribution is -0.127. The molecule has 27 heavy (non-hydrogen) atoms. The fourth-order valence-corrected chi connectivity index (χ4v) is 3.15. The Hall–Kier alpha value is -2.80. The van der Waals surface area contributed by atoms with E-state index in [-0.39, 0.29) is 18.2 Å². The maximum atomic E-state index is 12.1. The van der Waals surface area contributed by atoms with Gasteiger partial charge in [-0.3, -0.25) is 14.4 Å². The molecule has 1 atom stereocenters. The monoisotopic (exact) mass is 429 g/mol. The molecule has 0 radical (unpaired) electrons. The number of benzene rings is 2. The summed E-state index contributed by atoms with van der Waals surface area (Å²) in [7, 11) is 0. The van der Waals surface area contributed by atoms with E-state index in [0.29, 0.717) is 15.7 Å². The lowest BCUT2D eigenvalue weighted by Gasteiger charge is -2.15. The van der Waals surface area contributed by atoms with E-state index in [4.69, 9.17) is 5.41 Å². The van der Waals surface area contributed by atoms with Crippen LogP contribution in [0.4, 0.5) is 5.69 Å². The van der Waals surface area contributed by atoms with Crippen molar-refractivity contribution < 1.29 is 14.4 Å². The lowest BCUT2D eigenvalue weighted by atomic mass is 10.0. The molecule has 0 bridgehead atoms. The highest BCUT2D eigenvalue weighted by atomic mass is 79.9. The number of anilines is 1. The Labute approximate surface area is 166 Å². The van der Waals surface area contributed by atoms with E-state index >= 15 is 0 Å². The number of carbonyl (C=O) groups is 3. The van der Waals surface area contributed by atoms with Crippen molar-refractivity contribution in [2.45, 2.75) is 26.3 Å². The summed E-state index contributed by atoms with van der Waals surface area (Å²) in [6.45, 7) is 3.30. The molecule has 140 valence electrons. The highest BCUT2D eigenvalue weighted by Gasteiger charge is 2.15. The second-order valence-corrected chi connectivity index (χ2v) is 6.93. The molecule has 6 nitrogen and oxygen atoms in total. The summed E-state index contributed by atoms with van der Waals surface area (Å²) in [6, 6.07) is 11.7. The second kappa shape index (κ2) is 9.23. The molecule has 0 heterocycles. The van der Waals surface area contributed by atoms with Crippen LogP contribution in [0, 0.1) is 5.41 Å². The van der Waals surface area contributed by atoms with Crippen LogP contribution < -0.4 is 10.6 Å². The quantitative estimate of drug-likeness (QED) is 0.354. The number of amides is 2. The Kier molecular flexibility index (Phi) is 7.01. The summed E-state index contributed by atoms with van der Waals surface area (Å²) < 4.78 is 0.666. The molecule has 2 amide bonds. The zero-order valence-electron chi connectivity index (χ0n) is 15.0. The largest absolute Gasteiger partial charge is 0.349 e. The highest BCUT2D eigenvalue weighted by molar-refractivity contribution is 9.10. The number of halogens is 1. The Bertz CT molecular complexity index is 879. The van der Waals surface area contributed by atoms with Gasteiger partial charge in [-0.1, -0.05) is 34.1 Å². The molecule has 2 rings (SSSR count). The molecule has 0 fully saturated rings. The number of Topliss-reactive ketones (excluding diaryl/α,β-unsaturated/α-hetero) is 1. The molecule has 2 aromatic rings. The van der Waals surface area contributed by atoms with Gasteiger partial charge in [0.1, 0.15) is 6.42 Å². The minimum absolute atomic E-state index is 0.0459. The predicted molar refractivity (Wildman–Crippen MR) is 108 cm³/mol. The number of ketones is 1. The van der Waals surface area contributed by atoms with E-state index < -0.39 is 11.8 Å². The molecule has 0 aliphatic heterocycles. The first-order chi connectivity index (χ1) is 12.8. The van der Waals surface area contributed by atoms with Crippen molar-refractivity contribution in [1.82, 2.24) is 5.32 Å². The summed E-state index contributed by atoms with van der Waals surface area (Å²) in [6.07, 6.45) is 0.908. The van der Waals surface area contributed by atoms with E-state index in [0.717, 1.165) is 11.1 Å². The maximum absolute atomic E-state index is 12.1. The van der Waals surface area contributed by atoms with Gasteiger partial charge >= 0.3 is 0 Å². The molecule has 0 spiro atoms. The van der Waals surface area contributed by atoms with Crippen LogP contribution in [-0.2, 0) is 9.59 Å². The number of nitrogens with one attached hydrogen (secondary N) is 3. The van der Waals surface area contributed by atoms with Gasteiger partial charge in [0.15, 0.2) is 5.78 Å². The maximum Gasteiger partial charge on any atom is 0.233 e. The normalized spacial score (nSPS) is 11.4. The van der Waals surface area contributed by atoms with Crippen LogP contribution in [0.1, 0.15) is 47.8 Å². The summed E-state index contributed by atoms with van der Waals surface area (Å²) in [4.78, 5) is 35.6. The van der Waals surface area contributed by atoms with Crippen molar-refractivity contribution >= 4 is 45.4 Å². The molecule has 0 aliphatic rings. The van der Waals surface area contributed by atoms with Crippen LogP contribution in [0.3, 0.4) is 0 Å². The lowest BCUT2D eigenvalue weighted by Crippen LogP contribution is -2.30. The fourth-order valence-electron chi connectivity index (χ4n) is 2.48. The first kappa shape index (κ1) is 20.5. The Balaban J connectivity index is 1.91. The third-order valence-corrected chi connectivity index (χ3v) is 4.59. The molecule has 0 aliphatic carbocycles. The van der Waals surface area contributed by atoms with Crippen molar-refractivity contribution in [2.24, 2.45) is 0 Å². The van der Waals surface area contributed by atoms with Crippen LogP contribution in [0.15, 0.2) is 46.9 Å². The summed E-state index contributed by atoms with van der Waals surface area (Å²) in [5.74, 6) is -0.867. The third-order valence-electron chi connectivity index (χ3n) is 3.93. The van der Waals surface area contributed by atoms with Gasteiger partial charge in [-0.15, -0.1) is 0 Å². The van der Waals surface area contributed by atoms with Gasteiger partial charge < -0.3 is 16.0 Å². The second-order valence-electron chi connectivity index (χ2n) is 6.08. The Morgan fingerprint density at radius 3 is 2.33 bits per heavy atom. The SMILES string of the molecule is CC(=O)c1ccc(C(C)NC(=O)CC(=O)Nc2ccc(C=N)cc2)cc1Br. The van der Waals surface area contributed by atoms with Crippen molar-refractivity contribution in [2.75, 3.05) is 5.32 Å². The van der Waals surface area contributed by atoms with Crippen molar-refractivity contribution in [3.63, 3.8) is 0 Å². The van der Waals surface area contributed by atoms with E-state index in [1.807, 2.05) is 0 Å². The van der Waals surface area contributed by atoms with Gasteiger partial charge in [-0.05, 0) is 49.2 Å². The highest BCUT2D eigenvalue weighted by Crippen LogP contribution is 2.23. The smallest absolute Gasteiger partial charge is 0.233 e. The summed E-state index contributed by atoms with van der Waals surface area (Å²) >= 11 is 3.36. The van der Waals surface area contributed by atoms with Crippen LogP contribution >= 0.6 is 15.9 Å². The van der Waals surface area contributed by atoms with Crippen LogP contribution in [0.5, 0.6) is 0 Å². The zero-order chi connectivity index (χ0) is 20.0. The Morgan fingerprint density at radius 2 is 1.78 bits per heavy atom. The van der Waals surface area contributed by atoms with E-state index in [1.165, 1.54) is 13.1 Å². The first-order valence-corrected chi connectivity index (χ1v) is 9.09. The molecular formula is C20H20BrN3O3. The molecule has 3 N–H and O–H groups in total. The summed E-state index contributed by atoms with van der Waals surface area (Å²) in [5, 5.41) is 12.6. The number of rotatable bonds is 7. The standard InChI is InChI=1S/C20H20BrN3O3/c1-12(15-5-8-17(13(2)25)18(21)9-15)23-19(26)10-20(27)24-16-6-3-14(11-22)4-7-16/h3-9,11-12,22H,10H2,1-2H3,(H,23,26)(H,24,27). The van der Waals surface area contributed by atoms with Gasteiger partial charge in [0.05, 0.1) is 6.04 Å². The minimum atomic E-state index is -0.421. The molecule has 1 unspecified atom stereocenters. The average molecular weight is 430 g/mol. The first-order valence-electron chi connectivity index (χ1n) is 8.30. The minimum Gasteiger partial charge on any atom is -0.349 e. The number of hydrogen-bond acceptors (Lipinski definition) is 4. The van der Waals surface area contributed by atoms with Gasteiger partial charge in [-0.25, -0.2) is 0 Å². The van der Waals surface area contributed by atoms with E-state index in [1.54, 1.807) is 49.4 Å². The zero-order valence-corrected chi connectivity index (χ0v) is 16.6. The van der Waals surface area contributed by atoms with E-state index in [9.17, 15) is 14.4 Å². The topological polar surface area (TPSA) is 99.1 Å². The third kappa shape index (κ3) is 5.86. The average Bonchev–Trinajstić information content (AvgIpc) is 2.61. The Morgan fingerprint density at radius 1 is 1.11 bits per heavy atom. The number of hydrogen-bond donors (Lipinski definition) is 3. The molecule has 2 aromatic carbocycles. The van der Waals surface area contributed by atoms with Crippen molar-refractivity contribution in [1.29, 1.82) is 5.41 Å². The van der Waals surface area contributed by atoms with Gasteiger partial charge in [0.25, 0.3) is 0 Å². The predicted octanol–water partition coefficient (Wildman–Crippen LogP) is 3.86. The van der Waals surface area contributed by atoms with Crippen molar-refractivity contribution in [3.8, 4) is 0 Å². The molecular weight excluding hydrogens is 410 g/mol. The molecule has 7 heteroatoms.